The molecule has 0 aliphatic rings. The van der Waals surface area contributed by atoms with Gasteiger partial charge in [0.25, 0.3) is 0 Å². The van der Waals surface area contributed by atoms with E-state index in [-0.39, 0.29) is 0 Å². The van der Waals surface area contributed by atoms with Crippen LogP contribution in [0.5, 0.6) is 0 Å². The van der Waals surface area contributed by atoms with E-state index >= 15 is 0 Å². The molecule has 0 spiro atoms. The molecule has 0 aliphatic heterocycles. The molecule has 0 saturated carbocycles. The summed E-state index contributed by atoms with van der Waals surface area (Å²) in [5, 5.41) is 3.32. The molecule has 0 amide bonds. The summed E-state index contributed by atoms with van der Waals surface area (Å²) in [6.45, 7) is 3.84. The fraction of sp³-hybridized carbons (Fsp3) is 0.455. The quantitative estimate of drug-likeness (QED) is 0.704. The van der Waals surface area contributed by atoms with Crippen LogP contribution in [-0.4, -0.2) is 20.3 Å². The molecule has 1 atom stereocenters. The van der Waals surface area contributed by atoms with E-state index < -0.39 is 0 Å². The standard InChI is InChI=1S/C11H18N2O/c1-9(8-14-2)7-13-11-5-3-10(12)4-6-11/h3-6,9,13H,7-8,12H2,1-2H3. The number of rotatable bonds is 5. The first-order valence-corrected chi connectivity index (χ1v) is 4.80. The van der Waals surface area contributed by atoms with Crippen LogP contribution in [0.25, 0.3) is 0 Å². The number of hydrogen-bond acceptors (Lipinski definition) is 3. The van der Waals surface area contributed by atoms with Gasteiger partial charge in [-0.2, -0.15) is 0 Å². The van der Waals surface area contributed by atoms with Gasteiger partial charge in [0.15, 0.2) is 0 Å². The molecular weight excluding hydrogens is 176 g/mol. The molecule has 0 radical (unpaired) electrons. The van der Waals surface area contributed by atoms with Crippen molar-refractivity contribution in [2.75, 3.05) is 31.3 Å². The Hall–Kier alpha value is -1.22. The van der Waals surface area contributed by atoms with Gasteiger partial charge in [0.05, 0.1) is 6.61 Å². The van der Waals surface area contributed by atoms with E-state index in [1.165, 1.54) is 0 Å². The van der Waals surface area contributed by atoms with Crippen LogP contribution in [0.1, 0.15) is 6.92 Å². The Bertz CT molecular complexity index is 258. The maximum Gasteiger partial charge on any atom is 0.0504 e. The van der Waals surface area contributed by atoms with Crippen molar-refractivity contribution in [2.45, 2.75) is 6.92 Å². The number of ether oxygens (including phenoxy) is 1. The van der Waals surface area contributed by atoms with Crippen LogP contribution in [-0.2, 0) is 4.74 Å². The minimum atomic E-state index is 0.512. The highest BCUT2D eigenvalue weighted by Gasteiger charge is 2.00. The number of nitrogens with two attached hydrogens (primary N) is 1. The van der Waals surface area contributed by atoms with Gasteiger partial charge in [0.1, 0.15) is 0 Å². The van der Waals surface area contributed by atoms with Crippen molar-refractivity contribution < 1.29 is 4.74 Å². The summed E-state index contributed by atoms with van der Waals surface area (Å²) in [5.41, 5.74) is 7.47. The highest BCUT2D eigenvalue weighted by atomic mass is 16.5. The summed E-state index contributed by atoms with van der Waals surface area (Å²) in [6, 6.07) is 7.75. The first kappa shape index (κ1) is 10.9. The molecule has 0 saturated heterocycles. The Labute approximate surface area is 85.3 Å². The molecule has 3 heteroatoms. The maximum atomic E-state index is 5.58. The maximum absolute atomic E-state index is 5.58. The van der Waals surface area contributed by atoms with Gasteiger partial charge in [0, 0.05) is 25.0 Å². The summed E-state index contributed by atoms with van der Waals surface area (Å²) in [4.78, 5) is 0. The number of benzene rings is 1. The van der Waals surface area contributed by atoms with Crippen LogP contribution in [0.15, 0.2) is 24.3 Å². The Kier molecular flexibility index (Phi) is 4.26. The lowest BCUT2D eigenvalue weighted by atomic mass is 10.2. The van der Waals surface area contributed by atoms with E-state index in [0.29, 0.717) is 5.92 Å². The van der Waals surface area contributed by atoms with E-state index in [0.717, 1.165) is 24.5 Å². The highest BCUT2D eigenvalue weighted by molar-refractivity contribution is 5.51. The lowest BCUT2D eigenvalue weighted by Crippen LogP contribution is -2.15. The van der Waals surface area contributed by atoms with Crippen molar-refractivity contribution in [1.82, 2.24) is 0 Å². The van der Waals surface area contributed by atoms with Gasteiger partial charge >= 0.3 is 0 Å². The molecule has 1 unspecified atom stereocenters. The highest BCUT2D eigenvalue weighted by Crippen LogP contribution is 2.10. The summed E-state index contributed by atoms with van der Waals surface area (Å²) >= 11 is 0. The molecule has 78 valence electrons. The monoisotopic (exact) mass is 194 g/mol. The summed E-state index contributed by atoms with van der Waals surface area (Å²) < 4.78 is 5.05. The minimum Gasteiger partial charge on any atom is -0.399 e. The van der Waals surface area contributed by atoms with Crippen LogP contribution in [0.4, 0.5) is 11.4 Å². The second-order valence-electron chi connectivity index (χ2n) is 3.56. The summed E-state index contributed by atoms with van der Waals surface area (Å²) in [7, 11) is 1.72. The number of methoxy groups -OCH3 is 1. The molecule has 0 fully saturated rings. The summed E-state index contributed by atoms with van der Waals surface area (Å²) in [6.07, 6.45) is 0. The lowest BCUT2D eigenvalue weighted by Gasteiger charge is -2.12. The van der Waals surface area contributed by atoms with Crippen LogP contribution in [0.2, 0.25) is 0 Å². The summed E-state index contributed by atoms with van der Waals surface area (Å²) in [5.74, 6) is 0.512. The first-order chi connectivity index (χ1) is 6.72. The van der Waals surface area contributed by atoms with Crippen molar-refractivity contribution in [3.63, 3.8) is 0 Å². The third kappa shape index (κ3) is 3.66. The zero-order valence-corrected chi connectivity index (χ0v) is 8.79. The molecule has 1 aromatic rings. The fourth-order valence-corrected chi connectivity index (χ4v) is 1.24. The van der Waals surface area contributed by atoms with Crippen LogP contribution < -0.4 is 11.1 Å². The Morgan fingerprint density at radius 2 is 2.00 bits per heavy atom. The van der Waals surface area contributed by atoms with Crippen LogP contribution in [0.3, 0.4) is 0 Å². The van der Waals surface area contributed by atoms with Crippen molar-refractivity contribution in [2.24, 2.45) is 5.92 Å². The third-order valence-corrected chi connectivity index (χ3v) is 2.02. The topological polar surface area (TPSA) is 47.3 Å². The lowest BCUT2D eigenvalue weighted by molar-refractivity contribution is 0.164. The van der Waals surface area contributed by atoms with Gasteiger partial charge in [-0.15, -0.1) is 0 Å². The number of nitrogen functional groups attached to an aromatic ring is 1. The van der Waals surface area contributed by atoms with E-state index in [1.807, 2.05) is 24.3 Å². The molecule has 0 aliphatic carbocycles. The van der Waals surface area contributed by atoms with Crippen molar-refractivity contribution in [1.29, 1.82) is 0 Å². The van der Waals surface area contributed by atoms with Gasteiger partial charge in [-0.05, 0) is 30.2 Å². The predicted molar refractivity (Wildman–Crippen MR) is 60.4 cm³/mol. The molecule has 1 aromatic carbocycles. The Morgan fingerprint density at radius 3 is 2.57 bits per heavy atom. The molecule has 0 heterocycles. The van der Waals surface area contributed by atoms with Gasteiger partial charge in [-0.25, -0.2) is 0 Å². The van der Waals surface area contributed by atoms with Gasteiger partial charge in [0.2, 0.25) is 0 Å². The molecule has 1 rings (SSSR count). The van der Waals surface area contributed by atoms with Crippen molar-refractivity contribution >= 4 is 11.4 Å². The smallest absolute Gasteiger partial charge is 0.0504 e. The van der Waals surface area contributed by atoms with Crippen molar-refractivity contribution in [3.8, 4) is 0 Å². The number of nitrogens with one attached hydrogen (secondary N) is 1. The van der Waals surface area contributed by atoms with E-state index in [4.69, 9.17) is 10.5 Å². The molecule has 3 nitrogen and oxygen atoms in total. The largest absolute Gasteiger partial charge is 0.399 e. The van der Waals surface area contributed by atoms with Crippen LogP contribution >= 0.6 is 0 Å². The van der Waals surface area contributed by atoms with Gasteiger partial charge < -0.3 is 15.8 Å². The van der Waals surface area contributed by atoms with Gasteiger partial charge in [-0.1, -0.05) is 6.92 Å². The third-order valence-electron chi connectivity index (χ3n) is 2.02. The molecule has 0 bridgehead atoms. The number of hydrogen-bond donors (Lipinski definition) is 2. The first-order valence-electron chi connectivity index (χ1n) is 4.80. The average Bonchev–Trinajstić information content (AvgIpc) is 2.17. The zero-order chi connectivity index (χ0) is 10.4. The zero-order valence-electron chi connectivity index (χ0n) is 8.79. The second kappa shape index (κ2) is 5.50. The molecule has 14 heavy (non-hydrogen) atoms. The average molecular weight is 194 g/mol. The molecular formula is C11H18N2O. The Balaban J connectivity index is 2.34. The van der Waals surface area contributed by atoms with E-state index in [9.17, 15) is 0 Å². The Morgan fingerprint density at radius 1 is 1.36 bits per heavy atom. The van der Waals surface area contributed by atoms with Crippen molar-refractivity contribution in [3.05, 3.63) is 24.3 Å². The second-order valence-corrected chi connectivity index (χ2v) is 3.56. The number of anilines is 2. The minimum absolute atomic E-state index is 0.512. The van der Waals surface area contributed by atoms with Gasteiger partial charge in [-0.3, -0.25) is 0 Å². The van der Waals surface area contributed by atoms with E-state index in [1.54, 1.807) is 7.11 Å². The van der Waals surface area contributed by atoms with Crippen LogP contribution in [0, 0.1) is 5.92 Å². The molecule has 3 N–H and O–H groups in total. The normalized spacial score (nSPS) is 12.4. The predicted octanol–water partition coefficient (Wildman–Crippen LogP) is 1.96. The van der Waals surface area contributed by atoms with E-state index in [2.05, 4.69) is 12.2 Å². The molecule has 0 aromatic heterocycles. The fourth-order valence-electron chi connectivity index (χ4n) is 1.24. The SMILES string of the molecule is COCC(C)CNc1ccc(N)cc1.